The topological polar surface area (TPSA) is 12.0 Å². The molecule has 0 heterocycles. The van der Waals surface area contributed by atoms with E-state index in [2.05, 4.69) is 45.5 Å². The highest BCUT2D eigenvalue weighted by atomic mass is 79.9. The molecule has 1 N–H and O–H groups in total. The van der Waals surface area contributed by atoms with Gasteiger partial charge in [0.05, 0.1) is 6.04 Å². The maximum absolute atomic E-state index is 6.06. The molecule has 3 heteroatoms. The third kappa shape index (κ3) is 3.18. The molecule has 2 aromatic carbocycles. The summed E-state index contributed by atoms with van der Waals surface area (Å²) in [6.07, 6.45) is 5.07. The number of halogens is 2. The summed E-state index contributed by atoms with van der Waals surface area (Å²) in [5.41, 5.74) is 5.58. The first kappa shape index (κ1) is 15.1. The van der Waals surface area contributed by atoms with Crippen LogP contribution in [0, 0.1) is 0 Å². The molecule has 0 radical (unpaired) electrons. The van der Waals surface area contributed by atoms with Gasteiger partial charge in [0.2, 0.25) is 0 Å². The van der Waals surface area contributed by atoms with E-state index < -0.39 is 0 Å². The van der Waals surface area contributed by atoms with Crippen molar-refractivity contribution in [2.75, 3.05) is 7.05 Å². The van der Waals surface area contributed by atoms with Gasteiger partial charge in [0, 0.05) is 9.50 Å². The summed E-state index contributed by atoms with van der Waals surface area (Å²) < 4.78 is 1.05. The summed E-state index contributed by atoms with van der Waals surface area (Å²) in [7, 11) is 2.01. The van der Waals surface area contributed by atoms with E-state index in [0.717, 1.165) is 9.50 Å². The van der Waals surface area contributed by atoms with Crippen LogP contribution in [0.4, 0.5) is 0 Å². The number of benzene rings is 2. The van der Waals surface area contributed by atoms with Crippen molar-refractivity contribution in [1.29, 1.82) is 0 Å². The van der Waals surface area contributed by atoms with E-state index in [1.807, 2.05) is 19.2 Å². The first-order valence-electron chi connectivity index (χ1n) is 7.43. The van der Waals surface area contributed by atoms with Crippen molar-refractivity contribution < 1.29 is 0 Å². The molecule has 0 fully saturated rings. The molecular weight excluding hydrogens is 346 g/mol. The Morgan fingerprint density at radius 3 is 2.52 bits per heavy atom. The Kier molecular flexibility index (Phi) is 4.68. The van der Waals surface area contributed by atoms with Crippen LogP contribution in [-0.4, -0.2) is 7.05 Å². The molecule has 1 aliphatic rings. The molecule has 21 heavy (non-hydrogen) atoms. The van der Waals surface area contributed by atoms with Gasteiger partial charge in [-0.3, -0.25) is 0 Å². The lowest BCUT2D eigenvalue weighted by Gasteiger charge is -2.22. The predicted molar refractivity (Wildman–Crippen MR) is 93.1 cm³/mol. The van der Waals surface area contributed by atoms with Crippen molar-refractivity contribution in [2.24, 2.45) is 0 Å². The first-order chi connectivity index (χ1) is 10.2. The highest BCUT2D eigenvalue weighted by Crippen LogP contribution is 2.32. The minimum atomic E-state index is 0.184. The molecule has 110 valence electrons. The van der Waals surface area contributed by atoms with Gasteiger partial charge in [0.25, 0.3) is 0 Å². The summed E-state index contributed by atoms with van der Waals surface area (Å²) in [4.78, 5) is 0. The molecule has 0 aliphatic heterocycles. The van der Waals surface area contributed by atoms with Crippen LogP contribution >= 0.6 is 27.5 Å². The van der Waals surface area contributed by atoms with Gasteiger partial charge in [-0.25, -0.2) is 0 Å². The number of aryl methyl sites for hydroxylation is 2. The van der Waals surface area contributed by atoms with Gasteiger partial charge in [-0.1, -0.05) is 51.8 Å². The molecule has 1 aliphatic carbocycles. The number of hydrogen-bond acceptors (Lipinski definition) is 1. The molecule has 0 saturated heterocycles. The number of hydrogen-bond donors (Lipinski definition) is 1. The highest BCUT2D eigenvalue weighted by molar-refractivity contribution is 9.10. The van der Waals surface area contributed by atoms with Crippen LogP contribution in [0.2, 0.25) is 5.02 Å². The lowest BCUT2D eigenvalue weighted by atomic mass is 9.88. The van der Waals surface area contributed by atoms with Crippen molar-refractivity contribution in [3.05, 3.63) is 68.1 Å². The quantitative estimate of drug-likeness (QED) is 0.780. The standard InChI is InChI=1S/C18H19BrClN/c1-21-18(16-9-8-15(20)11-17(16)19)14-7-6-12-4-2-3-5-13(12)10-14/h6-11,18,21H,2-5H2,1H3. The fourth-order valence-corrected chi connectivity index (χ4v) is 4.08. The Hall–Kier alpha value is -0.830. The molecule has 1 nitrogen and oxygen atoms in total. The summed E-state index contributed by atoms with van der Waals surface area (Å²) in [6.45, 7) is 0. The first-order valence-corrected chi connectivity index (χ1v) is 8.60. The molecule has 0 saturated carbocycles. The van der Waals surface area contributed by atoms with Crippen LogP contribution in [0.1, 0.15) is 41.1 Å². The molecule has 3 rings (SSSR count). The number of rotatable bonds is 3. The second kappa shape index (κ2) is 6.51. The van der Waals surface area contributed by atoms with E-state index in [1.165, 1.54) is 47.9 Å². The number of nitrogens with one attached hydrogen (secondary N) is 1. The second-order valence-corrected chi connectivity index (χ2v) is 6.91. The lowest BCUT2D eigenvalue weighted by molar-refractivity contribution is 0.666. The summed E-state index contributed by atoms with van der Waals surface area (Å²) in [5.74, 6) is 0. The zero-order valence-corrected chi connectivity index (χ0v) is 14.5. The minimum Gasteiger partial charge on any atom is -0.309 e. The van der Waals surface area contributed by atoms with Gasteiger partial charge >= 0.3 is 0 Å². The van der Waals surface area contributed by atoms with E-state index >= 15 is 0 Å². The Bertz CT molecular complexity index is 654. The Morgan fingerprint density at radius 2 is 1.81 bits per heavy atom. The Labute approximate surface area is 139 Å². The SMILES string of the molecule is CNC(c1ccc2c(c1)CCCC2)c1ccc(Cl)cc1Br. The van der Waals surface area contributed by atoms with E-state index in [9.17, 15) is 0 Å². The molecule has 0 amide bonds. The molecular formula is C18H19BrClN. The van der Waals surface area contributed by atoms with Crippen LogP contribution in [0.5, 0.6) is 0 Å². The summed E-state index contributed by atoms with van der Waals surface area (Å²) in [5, 5.41) is 4.18. The smallest absolute Gasteiger partial charge is 0.0585 e. The molecule has 0 spiro atoms. The van der Waals surface area contributed by atoms with Gasteiger partial charge in [-0.15, -0.1) is 0 Å². The van der Waals surface area contributed by atoms with Gasteiger partial charge in [0.1, 0.15) is 0 Å². The lowest BCUT2D eigenvalue weighted by Crippen LogP contribution is -2.19. The van der Waals surface area contributed by atoms with Gasteiger partial charge in [-0.05, 0) is 67.1 Å². The maximum atomic E-state index is 6.06. The van der Waals surface area contributed by atoms with E-state index in [1.54, 1.807) is 0 Å². The van der Waals surface area contributed by atoms with Gasteiger partial charge in [-0.2, -0.15) is 0 Å². The molecule has 2 aromatic rings. The largest absolute Gasteiger partial charge is 0.309 e. The molecule has 0 bridgehead atoms. The zero-order chi connectivity index (χ0) is 14.8. The zero-order valence-electron chi connectivity index (χ0n) is 12.1. The van der Waals surface area contributed by atoms with Crippen molar-refractivity contribution >= 4 is 27.5 Å². The minimum absolute atomic E-state index is 0.184. The van der Waals surface area contributed by atoms with Crippen LogP contribution in [0.3, 0.4) is 0 Å². The Morgan fingerprint density at radius 1 is 1.05 bits per heavy atom. The third-order valence-corrected chi connectivity index (χ3v) is 5.19. The van der Waals surface area contributed by atoms with Gasteiger partial charge < -0.3 is 5.32 Å². The average Bonchev–Trinajstić information content (AvgIpc) is 2.50. The van der Waals surface area contributed by atoms with Crippen LogP contribution < -0.4 is 5.32 Å². The fraction of sp³-hybridized carbons (Fsp3) is 0.333. The fourth-order valence-electron chi connectivity index (χ4n) is 3.17. The van der Waals surface area contributed by atoms with E-state index in [4.69, 9.17) is 11.6 Å². The van der Waals surface area contributed by atoms with Crippen molar-refractivity contribution in [2.45, 2.75) is 31.7 Å². The third-order valence-electron chi connectivity index (χ3n) is 4.27. The van der Waals surface area contributed by atoms with Crippen molar-refractivity contribution in [3.63, 3.8) is 0 Å². The van der Waals surface area contributed by atoms with Crippen LogP contribution in [-0.2, 0) is 12.8 Å². The Balaban J connectivity index is 1.99. The molecule has 0 aromatic heterocycles. The normalized spacial score (nSPS) is 15.6. The maximum Gasteiger partial charge on any atom is 0.0585 e. The van der Waals surface area contributed by atoms with E-state index in [0.29, 0.717) is 0 Å². The second-order valence-electron chi connectivity index (χ2n) is 5.62. The summed E-state index contributed by atoms with van der Waals surface area (Å²) >= 11 is 9.69. The molecule has 1 atom stereocenters. The van der Waals surface area contributed by atoms with Crippen LogP contribution in [0.15, 0.2) is 40.9 Å². The van der Waals surface area contributed by atoms with Crippen molar-refractivity contribution in [3.8, 4) is 0 Å². The highest BCUT2D eigenvalue weighted by Gasteiger charge is 2.17. The predicted octanol–water partition coefficient (Wildman–Crippen LogP) is 5.29. The van der Waals surface area contributed by atoms with Crippen molar-refractivity contribution in [1.82, 2.24) is 5.32 Å². The monoisotopic (exact) mass is 363 g/mol. The number of fused-ring (bicyclic) bond motifs is 1. The summed E-state index contributed by atoms with van der Waals surface area (Å²) in [6, 6.07) is 13.1. The van der Waals surface area contributed by atoms with E-state index in [-0.39, 0.29) is 6.04 Å². The van der Waals surface area contributed by atoms with Crippen LogP contribution in [0.25, 0.3) is 0 Å². The average molecular weight is 365 g/mol. The van der Waals surface area contributed by atoms with Gasteiger partial charge in [0.15, 0.2) is 0 Å². The molecule has 1 unspecified atom stereocenters.